The molecule has 0 aliphatic rings. The Morgan fingerprint density at radius 1 is 1.42 bits per heavy atom. The second-order valence-electron chi connectivity index (χ2n) is 4.33. The van der Waals surface area contributed by atoms with Crippen molar-refractivity contribution in [1.82, 2.24) is 4.98 Å². The Morgan fingerprint density at radius 3 is 2.79 bits per heavy atom. The molecule has 0 aliphatic heterocycles. The number of carbonyl (C=O) groups excluding carboxylic acids is 2. The monoisotopic (exact) mass is 265 g/mol. The Morgan fingerprint density at radius 2 is 2.21 bits per heavy atom. The summed E-state index contributed by atoms with van der Waals surface area (Å²) >= 11 is 0. The Bertz CT molecular complexity index is 405. The van der Waals surface area contributed by atoms with Crippen molar-refractivity contribution in [3.8, 4) is 0 Å². The standard InChI is InChI=1S/C14H19NO4/c1-19-14(18)11(5-4-7-13(17)10-16)9-12-6-2-3-8-15-12/h2-3,6,8,11,16H,4-5,7,9-10H2,1H3/t11-/m0/s1. The van der Waals surface area contributed by atoms with E-state index in [2.05, 4.69) is 4.98 Å². The molecule has 1 rings (SSSR count). The molecule has 0 radical (unpaired) electrons. The van der Waals surface area contributed by atoms with E-state index >= 15 is 0 Å². The predicted molar refractivity (Wildman–Crippen MR) is 69.4 cm³/mol. The fourth-order valence-electron chi connectivity index (χ4n) is 1.87. The van der Waals surface area contributed by atoms with Gasteiger partial charge < -0.3 is 9.84 Å². The molecule has 0 spiro atoms. The van der Waals surface area contributed by atoms with E-state index in [0.29, 0.717) is 19.3 Å². The van der Waals surface area contributed by atoms with E-state index in [0.717, 1.165) is 5.69 Å². The van der Waals surface area contributed by atoms with Crippen LogP contribution in [0.1, 0.15) is 25.0 Å². The maximum atomic E-state index is 11.7. The van der Waals surface area contributed by atoms with E-state index in [-0.39, 0.29) is 24.1 Å². The van der Waals surface area contributed by atoms with Crippen molar-refractivity contribution in [2.45, 2.75) is 25.7 Å². The summed E-state index contributed by atoms with van der Waals surface area (Å²) in [5.74, 6) is -0.796. The first-order chi connectivity index (χ1) is 9.17. The summed E-state index contributed by atoms with van der Waals surface area (Å²) in [7, 11) is 1.35. The normalized spacial score (nSPS) is 11.9. The summed E-state index contributed by atoms with van der Waals surface area (Å²) in [5, 5.41) is 8.64. The number of pyridine rings is 1. The van der Waals surface area contributed by atoms with E-state index in [4.69, 9.17) is 9.84 Å². The summed E-state index contributed by atoms with van der Waals surface area (Å²) in [6.07, 6.45) is 3.58. The largest absolute Gasteiger partial charge is 0.469 e. The van der Waals surface area contributed by atoms with Crippen LogP contribution in [-0.4, -0.2) is 35.6 Å². The molecule has 5 nitrogen and oxygen atoms in total. The van der Waals surface area contributed by atoms with Gasteiger partial charge in [0.1, 0.15) is 6.61 Å². The second-order valence-corrected chi connectivity index (χ2v) is 4.33. The highest BCUT2D eigenvalue weighted by atomic mass is 16.5. The van der Waals surface area contributed by atoms with Crippen molar-refractivity contribution in [2.24, 2.45) is 5.92 Å². The third kappa shape index (κ3) is 5.61. The molecule has 19 heavy (non-hydrogen) atoms. The fourth-order valence-corrected chi connectivity index (χ4v) is 1.87. The number of nitrogens with zero attached hydrogens (tertiary/aromatic N) is 1. The van der Waals surface area contributed by atoms with Gasteiger partial charge in [-0.25, -0.2) is 0 Å². The van der Waals surface area contributed by atoms with E-state index in [1.54, 1.807) is 6.20 Å². The lowest BCUT2D eigenvalue weighted by Crippen LogP contribution is -2.19. The van der Waals surface area contributed by atoms with Crippen molar-refractivity contribution in [1.29, 1.82) is 0 Å². The minimum atomic E-state index is -0.441. The first-order valence-corrected chi connectivity index (χ1v) is 6.27. The zero-order valence-corrected chi connectivity index (χ0v) is 11.0. The van der Waals surface area contributed by atoms with Crippen molar-refractivity contribution in [2.75, 3.05) is 13.7 Å². The van der Waals surface area contributed by atoms with Crippen LogP contribution in [0.5, 0.6) is 0 Å². The summed E-state index contributed by atoms with van der Waals surface area (Å²) in [4.78, 5) is 26.9. The third-order valence-electron chi connectivity index (χ3n) is 2.90. The number of aliphatic hydroxyl groups excluding tert-OH is 1. The lowest BCUT2D eigenvalue weighted by atomic mass is 9.96. The number of hydrogen-bond donors (Lipinski definition) is 1. The Kier molecular flexibility index (Phi) is 6.74. The molecule has 0 aromatic carbocycles. The van der Waals surface area contributed by atoms with Gasteiger partial charge in [-0.3, -0.25) is 14.6 Å². The molecule has 0 fully saturated rings. The van der Waals surface area contributed by atoms with Gasteiger partial charge in [0.25, 0.3) is 0 Å². The van der Waals surface area contributed by atoms with E-state index < -0.39 is 6.61 Å². The molecule has 1 heterocycles. The molecule has 1 aromatic heterocycles. The van der Waals surface area contributed by atoms with Crippen LogP contribution >= 0.6 is 0 Å². The number of rotatable bonds is 8. The Balaban J connectivity index is 2.53. The molecular weight excluding hydrogens is 246 g/mol. The quantitative estimate of drug-likeness (QED) is 0.713. The van der Waals surface area contributed by atoms with Gasteiger partial charge in [0.05, 0.1) is 13.0 Å². The highest BCUT2D eigenvalue weighted by Gasteiger charge is 2.20. The average molecular weight is 265 g/mol. The smallest absolute Gasteiger partial charge is 0.309 e. The number of ketones is 1. The van der Waals surface area contributed by atoms with Crippen LogP contribution in [0.2, 0.25) is 0 Å². The molecule has 1 aromatic rings. The lowest BCUT2D eigenvalue weighted by molar-refractivity contribution is -0.145. The fraction of sp³-hybridized carbons (Fsp3) is 0.500. The molecule has 1 atom stereocenters. The second kappa shape index (κ2) is 8.37. The molecule has 0 amide bonds. The molecule has 0 aliphatic carbocycles. The van der Waals surface area contributed by atoms with Gasteiger partial charge in [0, 0.05) is 24.7 Å². The van der Waals surface area contributed by atoms with Gasteiger partial charge in [-0.2, -0.15) is 0 Å². The zero-order chi connectivity index (χ0) is 14.1. The number of aliphatic hydroxyl groups is 1. The van der Waals surface area contributed by atoms with Crippen LogP contribution in [-0.2, 0) is 20.7 Å². The minimum Gasteiger partial charge on any atom is -0.469 e. The number of esters is 1. The van der Waals surface area contributed by atoms with Gasteiger partial charge in [0.2, 0.25) is 0 Å². The van der Waals surface area contributed by atoms with Gasteiger partial charge >= 0.3 is 5.97 Å². The number of Topliss-reactive ketones (excluding diaryl/α,β-unsaturated/α-hetero) is 1. The molecule has 1 N–H and O–H groups in total. The SMILES string of the molecule is COC(=O)[C@@H](CCCC(=O)CO)Cc1ccccn1. The van der Waals surface area contributed by atoms with E-state index in [1.165, 1.54) is 7.11 Å². The number of aromatic nitrogens is 1. The maximum absolute atomic E-state index is 11.7. The molecule has 0 unspecified atom stereocenters. The van der Waals surface area contributed by atoms with E-state index in [9.17, 15) is 9.59 Å². The van der Waals surface area contributed by atoms with Crippen LogP contribution < -0.4 is 0 Å². The lowest BCUT2D eigenvalue weighted by Gasteiger charge is -2.13. The van der Waals surface area contributed by atoms with Gasteiger partial charge in [-0.1, -0.05) is 6.07 Å². The number of carbonyl (C=O) groups is 2. The molecule has 0 saturated carbocycles. The molecule has 104 valence electrons. The number of ether oxygens (including phenoxy) is 1. The summed E-state index contributed by atoms with van der Waals surface area (Å²) in [6, 6.07) is 5.54. The summed E-state index contributed by atoms with van der Waals surface area (Å²) < 4.78 is 4.77. The number of methoxy groups -OCH3 is 1. The molecular formula is C14H19NO4. The highest BCUT2D eigenvalue weighted by molar-refractivity contribution is 5.79. The topological polar surface area (TPSA) is 76.5 Å². The van der Waals surface area contributed by atoms with Crippen LogP contribution in [0.4, 0.5) is 0 Å². The third-order valence-corrected chi connectivity index (χ3v) is 2.90. The zero-order valence-electron chi connectivity index (χ0n) is 11.0. The van der Waals surface area contributed by atoms with Crippen molar-refractivity contribution < 1.29 is 19.4 Å². The van der Waals surface area contributed by atoms with E-state index in [1.807, 2.05) is 18.2 Å². The van der Waals surface area contributed by atoms with Crippen LogP contribution in [0.15, 0.2) is 24.4 Å². The Labute approximate surface area is 112 Å². The predicted octanol–water partition coefficient (Wildman–Crippen LogP) is 1.15. The van der Waals surface area contributed by atoms with Crippen molar-refractivity contribution in [3.63, 3.8) is 0 Å². The van der Waals surface area contributed by atoms with Crippen LogP contribution in [0.3, 0.4) is 0 Å². The minimum absolute atomic E-state index is 0.207. The highest BCUT2D eigenvalue weighted by Crippen LogP contribution is 2.16. The van der Waals surface area contributed by atoms with Gasteiger partial charge in [0.15, 0.2) is 5.78 Å². The summed E-state index contributed by atoms with van der Waals surface area (Å²) in [6.45, 7) is -0.441. The van der Waals surface area contributed by atoms with Crippen molar-refractivity contribution >= 4 is 11.8 Å². The molecule has 0 saturated heterocycles. The molecule has 5 heteroatoms. The first-order valence-electron chi connectivity index (χ1n) is 6.27. The van der Waals surface area contributed by atoms with Crippen LogP contribution in [0.25, 0.3) is 0 Å². The maximum Gasteiger partial charge on any atom is 0.309 e. The average Bonchev–Trinajstić information content (AvgIpc) is 2.46. The van der Waals surface area contributed by atoms with Crippen molar-refractivity contribution in [3.05, 3.63) is 30.1 Å². The number of hydrogen-bond acceptors (Lipinski definition) is 5. The molecule has 0 bridgehead atoms. The van der Waals surface area contributed by atoms with Gasteiger partial charge in [-0.15, -0.1) is 0 Å². The van der Waals surface area contributed by atoms with Gasteiger partial charge in [-0.05, 0) is 25.0 Å². The van der Waals surface area contributed by atoms with Crippen LogP contribution in [0, 0.1) is 5.92 Å². The summed E-state index contributed by atoms with van der Waals surface area (Å²) in [5.41, 5.74) is 0.825. The first kappa shape index (κ1) is 15.3. The Hall–Kier alpha value is -1.75.